The van der Waals surface area contributed by atoms with Crippen LogP contribution in [0.3, 0.4) is 0 Å². The SMILES string of the molecule is [2H]C([2H])([2H])Oc1ccc2nccc([C@@H](O)[C@@H]3CC4CCN3C[C@@H]4C=C)c2c1. The molecule has 4 heteroatoms. The number of hydrogen-bond donors (Lipinski definition) is 1. The van der Waals surface area contributed by atoms with E-state index in [1.165, 1.54) is 0 Å². The van der Waals surface area contributed by atoms with Crippen molar-refractivity contribution >= 4 is 10.9 Å². The van der Waals surface area contributed by atoms with Gasteiger partial charge in [-0.25, -0.2) is 0 Å². The molecule has 2 aromatic rings. The number of fused-ring (bicyclic) bond motifs is 4. The van der Waals surface area contributed by atoms with Crippen molar-refractivity contribution in [3.63, 3.8) is 0 Å². The normalized spacial score (nSPS) is 32.6. The Labute approximate surface area is 147 Å². The zero-order valence-electron chi connectivity index (χ0n) is 16.6. The lowest BCUT2D eigenvalue weighted by Gasteiger charge is -2.50. The molecule has 1 N–H and O–H groups in total. The number of aliphatic hydroxyl groups is 1. The van der Waals surface area contributed by atoms with E-state index in [9.17, 15) is 5.11 Å². The molecular formula is C20H24N2O2. The van der Waals surface area contributed by atoms with Gasteiger partial charge in [0.15, 0.2) is 0 Å². The van der Waals surface area contributed by atoms with Gasteiger partial charge < -0.3 is 9.84 Å². The predicted molar refractivity (Wildman–Crippen MR) is 95.0 cm³/mol. The van der Waals surface area contributed by atoms with Crippen molar-refractivity contribution in [2.45, 2.75) is 25.0 Å². The van der Waals surface area contributed by atoms with Crippen molar-refractivity contribution in [3.8, 4) is 5.75 Å². The number of hydrogen-bond acceptors (Lipinski definition) is 4. The largest absolute Gasteiger partial charge is 0.497 e. The smallest absolute Gasteiger partial charge is 0.119 e. The summed E-state index contributed by atoms with van der Waals surface area (Å²) in [4.78, 5) is 6.70. The molecule has 0 radical (unpaired) electrons. The average Bonchev–Trinajstić information content (AvgIpc) is 2.65. The summed E-state index contributed by atoms with van der Waals surface area (Å²) < 4.78 is 26.9. The van der Waals surface area contributed by atoms with Crippen molar-refractivity contribution < 1.29 is 14.0 Å². The zero-order valence-corrected chi connectivity index (χ0v) is 13.6. The van der Waals surface area contributed by atoms with E-state index in [0.29, 0.717) is 17.4 Å². The second-order valence-electron chi connectivity index (χ2n) is 6.87. The van der Waals surface area contributed by atoms with Gasteiger partial charge in [-0.3, -0.25) is 9.88 Å². The van der Waals surface area contributed by atoms with Crippen LogP contribution in [0.2, 0.25) is 0 Å². The lowest BCUT2D eigenvalue weighted by molar-refractivity contribution is -0.0444. The van der Waals surface area contributed by atoms with Gasteiger partial charge in [0, 0.05) is 24.2 Å². The summed E-state index contributed by atoms with van der Waals surface area (Å²) in [7, 11) is -2.51. The van der Waals surface area contributed by atoms with E-state index in [1.807, 2.05) is 12.1 Å². The Hall–Kier alpha value is -1.91. The van der Waals surface area contributed by atoms with Crippen LogP contribution in [0.1, 0.15) is 28.6 Å². The molecule has 4 heterocycles. The Morgan fingerprint density at radius 2 is 2.42 bits per heavy atom. The van der Waals surface area contributed by atoms with Gasteiger partial charge in [-0.15, -0.1) is 6.58 Å². The molecule has 3 fully saturated rings. The van der Waals surface area contributed by atoms with Crippen molar-refractivity contribution in [2.75, 3.05) is 20.1 Å². The third-order valence-corrected chi connectivity index (χ3v) is 5.70. The number of piperidine rings is 3. The monoisotopic (exact) mass is 327 g/mol. The third-order valence-electron chi connectivity index (χ3n) is 5.70. The summed E-state index contributed by atoms with van der Waals surface area (Å²) in [6.07, 6.45) is 5.15. The fourth-order valence-corrected chi connectivity index (χ4v) is 4.38. The highest BCUT2D eigenvalue weighted by molar-refractivity contribution is 5.83. The number of pyridine rings is 1. The number of benzene rings is 1. The van der Waals surface area contributed by atoms with E-state index < -0.39 is 13.1 Å². The summed E-state index contributed by atoms with van der Waals surface area (Å²) >= 11 is 0. The highest BCUT2D eigenvalue weighted by Gasteiger charge is 2.42. The number of aromatic nitrogens is 1. The quantitative estimate of drug-likeness (QED) is 0.876. The number of rotatable bonds is 4. The van der Waals surface area contributed by atoms with Crippen LogP contribution in [0.15, 0.2) is 43.1 Å². The first-order valence-corrected chi connectivity index (χ1v) is 8.48. The number of methoxy groups -OCH3 is 1. The lowest BCUT2D eigenvalue weighted by Crippen LogP contribution is -2.54. The van der Waals surface area contributed by atoms with Crippen LogP contribution >= 0.6 is 0 Å². The summed E-state index contributed by atoms with van der Waals surface area (Å²) in [6.45, 7) is 5.88. The molecule has 0 saturated carbocycles. The van der Waals surface area contributed by atoms with E-state index in [1.54, 1.807) is 24.4 Å². The molecule has 0 spiro atoms. The minimum atomic E-state index is -2.51. The van der Waals surface area contributed by atoms with E-state index in [2.05, 4.69) is 16.5 Å². The summed E-state index contributed by atoms with van der Waals surface area (Å²) in [5.74, 6) is 1.31. The Kier molecular flexibility index (Phi) is 3.21. The molecule has 1 aromatic heterocycles. The maximum atomic E-state index is 11.2. The molecule has 4 nitrogen and oxygen atoms in total. The minimum Gasteiger partial charge on any atom is -0.497 e. The van der Waals surface area contributed by atoms with E-state index in [4.69, 9.17) is 8.85 Å². The predicted octanol–water partition coefficient (Wildman–Crippen LogP) is 3.17. The van der Waals surface area contributed by atoms with Gasteiger partial charge in [0.05, 0.1) is 22.8 Å². The van der Waals surface area contributed by atoms with Crippen molar-refractivity contribution in [3.05, 3.63) is 48.7 Å². The molecule has 2 bridgehead atoms. The van der Waals surface area contributed by atoms with Crippen LogP contribution in [0, 0.1) is 11.8 Å². The fraction of sp³-hybridized carbons (Fsp3) is 0.450. The van der Waals surface area contributed by atoms with Crippen LogP contribution in [0.4, 0.5) is 0 Å². The minimum absolute atomic E-state index is 0.0535. The third kappa shape index (κ3) is 2.50. The molecule has 1 aromatic carbocycles. The maximum absolute atomic E-state index is 11.2. The topological polar surface area (TPSA) is 45.6 Å². The Morgan fingerprint density at radius 1 is 1.50 bits per heavy atom. The van der Waals surface area contributed by atoms with Gasteiger partial charge in [-0.05, 0) is 61.1 Å². The average molecular weight is 327 g/mol. The second-order valence-corrected chi connectivity index (χ2v) is 6.87. The highest BCUT2D eigenvalue weighted by Crippen LogP contribution is 2.42. The summed E-state index contributed by atoms with van der Waals surface area (Å²) in [5.41, 5.74) is 1.48. The van der Waals surface area contributed by atoms with Crippen LogP contribution in [0.5, 0.6) is 5.75 Å². The van der Waals surface area contributed by atoms with Gasteiger partial charge in [0.1, 0.15) is 5.75 Å². The molecule has 0 aliphatic carbocycles. The molecule has 3 saturated heterocycles. The molecule has 2 unspecified atom stereocenters. The van der Waals surface area contributed by atoms with E-state index >= 15 is 0 Å². The Balaban J connectivity index is 1.66. The number of aliphatic hydroxyl groups excluding tert-OH is 1. The van der Waals surface area contributed by atoms with Gasteiger partial charge in [0.2, 0.25) is 0 Å². The lowest BCUT2D eigenvalue weighted by atomic mass is 9.73. The van der Waals surface area contributed by atoms with Crippen LogP contribution in [-0.2, 0) is 0 Å². The summed E-state index contributed by atoms with van der Waals surface area (Å²) in [5, 5.41) is 11.9. The number of ether oxygens (including phenoxy) is 1. The van der Waals surface area contributed by atoms with Gasteiger partial charge >= 0.3 is 0 Å². The van der Waals surface area contributed by atoms with Crippen molar-refractivity contribution in [1.29, 1.82) is 0 Å². The molecule has 5 atom stereocenters. The van der Waals surface area contributed by atoms with Crippen molar-refractivity contribution in [1.82, 2.24) is 9.88 Å². The first kappa shape index (κ1) is 12.5. The number of nitrogens with zero attached hydrogens (tertiary/aromatic N) is 2. The first-order chi connectivity index (χ1) is 12.9. The van der Waals surface area contributed by atoms with Gasteiger partial charge in [0.25, 0.3) is 0 Å². The Bertz CT molecular complexity index is 855. The van der Waals surface area contributed by atoms with Crippen molar-refractivity contribution in [2.24, 2.45) is 11.8 Å². The van der Waals surface area contributed by atoms with Crippen LogP contribution in [0.25, 0.3) is 10.9 Å². The van der Waals surface area contributed by atoms with Gasteiger partial charge in [-0.1, -0.05) is 6.08 Å². The summed E-state index contributed by atoms with van der Waals surface area (Å²) in [6, 6.07) is 6.86. The molecule has 24 heavy (non-hydrogen) atoms. The standard InChI is InChI=1S/C20H24N2O2/c1-3-13-12-22-9-7-14(13)10-19(22)20(23)16-6-8-21-18-5-4-15(24-2)11-17(16)18/h3-6,8,11,13-14,19-20,23H,1,7,9-10,12H2,2H3/t13-,14?,19-,20+/m0/s1/i2D3. The molecule has 0 amide bonds. The van der Waals surface area contributed by atoms with Crippen LogP contribution in [-0.4, -0.2) is 41.2 Å². The highest BCUT2D eigenvalue weighted by atomic mass is 16.5. The molecule has 3 aliphatic rings. The first-order valence-electron chi connectivity index (χ1n) is 9.98. The van der Waals surface area contributed by atoms with E-state index in [-0.39, 0.29) is 11.8 Å². The second kappa shape index (κ2) is 6.19. The fourth-order valence-electron chi connectivity index (χ4n) is 4.38. The molecule has 3 aliphatic heterocycles. The maximum Gasteiger partial charge on any atom is 0.119 e. The van der Waals surface area contributed by atoms with Gasteiger partial charge in [-0.2, -0.15) is 0 Å². The van der Waals surface area contributed by atoms with E-state index in [0.717, 1.165) is 36.9 Å². The molecule has 5 rings (SSSR count). The molecule has 126 valence electrons. The Morgan fingerprint density at radius 3 is 3.17 bits per heavy atom. The molecular weight excluding hydrogens is 300 g/mol. The zero-order chi connectivity index (χ0) is 19.2. The van der Waals surface area contributed by atoms with Crippen LogP contribution < -0.4 is 4.74 Å².